The van der Waals surface area contributed by atoms with Gasteiger partial charge in [-0.15, -0.1) is 0 Å². The van der Waals surface area contributed by atoms with Gasteiger partial charge in [0.2, 0.25) is 0 Å². The Kier molecular flexibility index (Phi) is 6.64. The zero-order chi connectivity index (χ0) is 21.8. The van der Waals surface area contributed by atoms with Crippen molar-refractivity contribution in [1.82, 2.24) is 20.2 Å². The normalized spacial score (nSPS) is 15.2. The highest BCUT2D eigenvalue weighted by Crippen LogP contribution is 2.29. The first-order chi connectivity index (χ1) is 15.0. The summed E-state index contributed by atoms with van der Waals surface area (Å²) in [6.45, 7) is 5.13. The van der Waals surface area contributed by atoms with Gasteiger partial charge in [0, 0.05) is 38.9 Å². The molecule has 9 heteroatoms. The fourth-order valence-corrected chi connectivity index (χ4v) is 4.39. The minimum atomic E-state index is -0.270. The van der Waals surface area contributed by atoms with Crippen LogP contribution in [0.1, 0.15) is 18.4 Å². The van der Waals surface area contributed by atoms with Crippen molar-refractivity contribution in [2.45, 2.75) is 25.9 Å². The standard InChI is InChI=1S/C22H28N6O2S/c1-15-3-5-16(6-4-15)27(2)19-8-7-18-20(25-19)31-22(24-18)26-21(30)23-11-14-28-12-9-17(29)10-13-28/h3-8,17,29H,9-14H2,1-2H3,(H2,23,24,26,30). The smallest absolute Gasteiger partial charge is 0.321 e. The van der Waals surface area contributed by atoms with Crippen molar-refractivity contribution in [2.24, 2.45) is 0 Å². The number of hydrogen-bond acceptors (Lipinski definition) is 7. The van der Waals surface area contributed by atoms with Gasteiger partial charge in [-0.25, -0.2) is 14.8 Å². The van der Waals surface area contributed by atoms with Gasteiger partial charge in [0.25, 0.3) is 0 Å². The number of aliphatic hydroxyl groups excluding tert-OH is 1. The van der Waals surface area contributed by atoms with E-state index in [0.717, 1.165) is 54.3 Å². The first-order valence-corrected chi connectivity index (χ1v) is 11.3. The quantitative estimate of drug-likeness (QED) is 0.544. The molecule has 1 aliphatic rings. The average molecular weight is 441 g/mol. The van der Waals surface area contributed by atoms with E-state index in [9.17, 15) is 9.90 Å². The number of nitrogens with one attached hydrogen (secondary N) is 2. The number of hydrogen-bond donors (Lipinski definition) is 3. The van der Waals surface area contributed by atoms with Gasteiger partial charge in [-0.1, -0.05) is 29.0 Å². The lowest BCUT2D eigenvalue weighted by Crippen LogP contribution is -2.41. The number of aryl methyl sites for hydroxylation is 1. The zero-order valence-corrected chi connectivity index (χ0v) is 18.7. The second-order valence-electron chi connectivity index (χ2n) is 7.86. The summed E-state index contributed by atoms with van der Waals surface area (Å²) < 4.78 is 0. The minimum Gasteiger partial charge on any atom is -0.393 e. The van der Waals surface area contributed by atoms with Crippen LogP contribution in [0.25, 0.3) is 10.3 Å². The van der Waals surface area contributed by atoms with Gasteiger partial charge in [0.1, 0.15) is 16.2 Å². The molecule has 2 amide bonds. The molecule has 3 heterocycles. The summed E-state index contributed by atoms with van der Waals surface area (Å²) in [5, 5.41) is 15.8. The van der Waals surface area contributed by atoms with Crippen molar-refractivity contribution in [1.29, 1.82) is 0 Å². The Morgan fingerprint density at radius 1 is 1.19 bits per heavy atom. The molecule has 3 aromatic rings. The second-order valence-corrected chi connectivity index (χ2v) is 8.84. The third-order valence-electron chi connectivity index (χ3n) is 5.50. The first-order valence-electron chi connectivity index (χ1n) is 10.5. The van der Waals surface area contributed by atoms with Crippen LogP contribution in [0.4, 0.5) is 21.4 Å². The van der Waals surface area contributed by atoms with E-state index in [4.69, 9.17) is 4.98 Å². The number of benzene rings is 1. The molecule has 4 rings (SSSR count). The third kappa shape index (κ3) is 5.49. The monoisotopic (exact) mass is 440 g/mol. The number of aliphatic hydroxyl groups is 1. The topological polar surface area (TPSA) is 93.6 Å². The molecule has 1 aliphatic heterocycles. The van der Waals surface area contributed by atoms with Gasteiger partial charge >= 0.3 is 6.03 Å². The largest absolute Gasteiger partial charge is 0.393 e. The van der Waals surface area contributed by atoms with E-state index in [1.165, 1.54) is 16.9 Å². The predicted molar refractivity (Wildman–Crippen MR) is 125 cm³/mol. The van der Waals surface area contributed by atoms with E-state index >= 15 is 0 Å². The van der Waals surface area contributed by atoms with Gasteiger partial charge in [-0.2, -0.15) is 0 Å². The highest BCUT2D eigenvalue weighted by molar-refractivity contribution is 7.22. The van der Waals surface area contributed by atoms with E-state index in [-0.39, 0.29) is 12.1 Å². The van der Waals surface area contributed by atoms with Crippen molar-refractivity contribution >= 4 is 44.4 Å². The highest BCUT2D eigenvalue weighted by Gasteiger charge is 2.17. The third-order valence-corrected chi connectivity index (χ3v) is 6.38. The summed E-state index contributed by atoms with van der Waals surface area (Å²) in [5.74, 6) is 0.822. The number of urea groups is 1. The summed E-state index contributed by atoms with van der Waals surface area (Å²) in [6, 6.07) is 11.9. The summed E-state index contributed by atoms with van der Waals surface area (Å²) in [7, 11) is 1.98. The maximum absolute atomic E-state index is 12.2. The fraction of sp³-hybridized carbons (Fsp3) is 0.409. The number of carbonyl (C=O) groups excluding carboxylic acids is 1. The molecule has 8 nitrogen and oxygen atoms in total. The lowest BCUT2D eigenvalue weighted by molar-refractivity contribution is 0.0833. The van der Waals surface area contributed by atoms with Crippen LogP contribution in [0, 0.1) is 6.92 Å². The number of rotatable bonds is 6. The van der Waals surface area contributed by atoms with Gasteiger partial charge in [-0.3, -0.25) is 5.32 Å². The van der Waals surface area contributed by atoms with Crippen molar-refractivity contribution in [3.63, 3.8) is 0 Å². The molecule has 0 radical (unpaired) electrons. The number of thiazole rings is 1. The van der Waals surface area contributed by atoms with Crippen molar-refractivity contribution in [3.8, 4) is 0 Å². The SMILES string of the molecule is Cc1ccc(N(C)c2ccc3nc(NC(=O)NCCN4CCC(O)CC4)sc3n2)cc1. The Balaban J connectivity index is 1.33. The van der Waals surface area contributed by atoms with Crippen molar-refractivity contribution in [3.05, 3.63) is 42.0 Å². The van der Waals surface area contributed by atoms with Crippen LogP contribution >= 0.6 is 11.3 Å². The number of pyridine rings is 1. The van der Waals surface area contributed by atoms with Crippen LogP contribution in [0.2, 0.25) is 0 Å². The molecule has 0 spiro atoms. The van der Waals surface area contributed by atoms with Gasteiger partial charge < -0.3 is 20.2 Å². The Morgan fingerprint density at radius 3 is 2.68 bits per heavy atom. The van der Waals surface area contributed by atoms with E-state index in [1.807, 2.05) is 24.1 Å². The Bertz CT molecular complexity index is 1030. The van der Waals surface area contributed by atoms with Gasteiger partial charge in [0.15, 0.2) is 5.13 Å². The molecule has 0 atom stereocenters. The van der Waals surface area contributed by atoms with E-state index in [1.54, 1.807) is 0 Å². The summed E-state index contributed by atoms with van der Waals surface area (Å²) >= 11 is 1.36. The number of carbonyl (C=O) groups is 1. The number of aromatic nitrogens is 2. The maximum Gasteiger partial charge on any atom is 0.321 e. The molecule has 3 N–H and O–H groups in total. The molecular weight excluding hydrogens is 412 g/mol. The number of anilines is 3. The number of likely N-dealkylation sites (tertiary alicyclic amines) is 1. The highest BCUT2D eigenvalue weighted by atomic mass is 32.1. The molecule has 1 aromatic carbocycles. The summed E-state index contributed by atoms with van der Waals surface area (Å²) in [4.78, 5) is 26.5. The molecule has 0 unspecified atom stereocenters. The van der Waals surface area contributed by atoms with Gasteiger partial charge in [0.05, 0.1) is 6.10 Å². The lowest BCUT2D eigenvalue weighted by Gasteiger charge is -2.29. The zero-order valence-electron chi connectivity index (χ0n) is 17.8. The molecule has 0 aliphatic carbocycles. The molecule has 2 aromatic heterocycles. The summed E-state index contributed by atoms with van der Waals surface area (Å²) in [5.41, 5.74) is 3.03. The van der Waals surface area contributed by atoms with Crippen LogP contribution in [0.3, 0.4) is 0 Å². The van der Waals surface area contributed by atoms with E-state index < -0.39 is 0 Å². The Morgan fingerprint density at radius 2 is 1.94 bits per heavy atom. The molecule has 1 saturated heterocycles. The van der Waals surface area contributed by atoms with Crippen LogP contribution in [0.5, 0.6) is 0 Å². The van der Waals surface area contributed by atoms with Gasteiger partial charge in [-0.05, 0) is 44.0 Å². The van der Waals surface area contributed by atoms with Crippen molar-refractivity contribution in [2.75, 3.05) is 43.4 Å². The molecule has 1 fully saturated rings. The van der Waals surface area contributed by atoms with Crippen LogP contribution in [-0.4, -0.2) is 65.3 Å². The minimum absolute atomic E-state index is 0.183. The lowest BCUT2D eigenvalue weighted by atomic mass is 10.1. The number of fused-ring (bicyclic) bond motifs is 1. The second kappa shape index (κ2) is 9.59. The number of amides is 2. The maximum atomic E-state index is 12.2. The van der Waals surface area contributed by atoms with E-state index in [2.05, 4.69) is 51.7 Å². The van der Waals surface area contributed by atoms with E-state index in [0.29, 0.717) is 11.7 Å². The Labute approximate surface area is 185 Å². The molecule has 164 valence electrons. The first kappa shape index (κ1) is 21.5. The van der Waals surface area contributed by atoms with Crippen LogP contribution < -0.4 is 15.5 Å². The molecule has 0 bridgehead atoms. The average Bonchev–Trinajstić information content (AvgIpc) is 3.16. The summed E-state index contributed by atoms with van der Waals surface area (Å²) in [6.07, 6.45) is 1.41. The predicted octanol–water partition coefficient (Wildman–Crippen LogP) is 3.35. The molecule has 0 saturated carbocycles. The molecule has 31 heavy (non-hydrogen) atoms. The fourth-order valence-electron chi connectivity index (χ4n) is 3.56. The molecular formula is C22H28N6O2S. The number of piperidine rings is 1. The Hall–Kier alpha value is -2.75. The van der Waals surface area contributed by atoms with Crippen LogP contribution in [-0.2, 0) is 0 Å². The van der Waals surface area contributed by atoms with Crippen molar-refractivity contribution < 1.29 is 9.90 Å². The number of nitrogens with zero attached hydrogens (tertiary/aromatic N) is 4. The van der Waals surface area contributed by atoms with Crippen LogP contribution in [0.15, 0.2) is 36.4 Å².